The summed E-state index contributed by atoms with van der Waals surface area (Å²) in [5.41, 5.74) is 8.02. The van der Waals surface area contributed by atoms with Gasteiger partial charge in [0.25, 0.3) is 8.32 Å². The van der Waals surface area contributed by atoms with Crippen molar-refractivity contribution in [1.82, 2.24) is 0 Å². The Morgan fingerprint density at radius 3 is 1.71 bits per heavy atom. The SMILES string of the molecule is CCOC1CC([C@H]2COC(CC)(CC)O2)[Si](c2c(C)cc(C)cc2C)(c2c(C)cc(C)cc2C)O1. The van der Waals surface area contributed by atoms with E-state index < -0.39 is 14.1 Å². The second kappa shape index (κ2) is 10.1. The molecule has 2 aliphatic heterocycles. The molecule has 0 N–H and O–H groups in total. The van der Waals surface area contributed by atoms with Crippen molar-refractivity contribution in [3.8, 4) is 0 Å². The molecular weight excluding hydrogens is 452 g/mol. The summed E-state index contributed by atoms with van der Waals surface area (Å²) in [6.07, 6.45) is 2.27. The number of ether oxygens (including phenoxy) is 3. The van der Waals surface area contributed by atoms with Crippen molar-refractivity contribution in [2.75, 3.05) is 13.2 Å². The zero-order valence-electron chi connectivity index (χ0n) is 23.2. The van der Waals surface area contributed by atoms with Gasteiger partial charge in [-0.25, -0.2) is 0 Å². The van der Waals surface area contributed by atoms with Gasteiger partial charge in [-0.2, -0.15) is 0 Å². The third-order valence-corrected chi connectivity index (χ3v) is 13.5. The summed E-state index contributed by atoms with van der Waals surface area (Å²) < 4.78 is 26.8. The molecule has 5 heteroatoms. The van der Waals surface area contributed by atoms with Crippen LogP contribution in [0.3, 0.4) is 0 Å². The lowest BCUT2D eigenvalue weighted by Crippen LogP contribution is -2.66. The van der Waals surface area contributed by atoms with Crippen molar-refractivity contribution < 1.29 is 18.6 Å². The fraction of sp³-hybridized carbons (Fsp3) is 0.600. The molecule has 2 aromatic carbocycles. The van der Waals surface area contributed by atoms with Gasteiger partial charge in [-0.15, -0.1) is 0 Å². The van der Waals surface area contributed by atoms with E-state index in [2.05, 4.69) is 86.6 Å². The molecule has 0 amide bonds. The van der Waals surface area contributed by atoms with Crippen molar-refractivity contribution in [2.24, 2.45) is 0 Å². The molecule has 2 aliphatic rings. The van der Waals surface area contributed by atoms with Gasteiger partial charge in [0.1, 0.15) is 6.29 Å². The first-order chi connectivity index (χ1) is 16.6. The van der Waals surface area contributed by atoms with E-state index in [1.165, 1.54) is 43.8 Å². The molecule has 0 bridgehead atoms. The summed E-state index contributed by atoms with van der Waals surface area (Å²) in [5, 5.41) is 2.78. The Labute approximate surface area is 213 Å². The molecule has 192 valence electrons. The minimum absolute atomic E-state index is 0.0211. The number of hydrogen-bond donors (Lipinski definition) is 0. The molecule has 4 nitrogen and oxygen atoms in total. The van der Waals surface area contributed by atoms with Crippen LogP contribution in [-0.4, -0.2) is 39.7 Å². The maximum absolute atomic E-state index is 7.31. The molecule has 0 aliphatic carbocycles. The first-order valence-corrected chi connectivity index (χ1v) is 15.4. The number of aryl methyl sites for hydroxylation is 6. The van der Waals surface area contributed by atoms with Crippen LogP contribution < -0.4 is 10.4 Å². The summed E-state index contributed by atoms with van der Waals surface area (Å²) in [6, 6.07) is 9.27. The highest BCUT2D eigenvalue weighted by Gasteiger charge is 2.61. The molecule has 3 atom stereocenters. The van der Waals surface area contributed by atoms with Crippen LogP contribution in [-0.2, 0) is 18.6 Å². The third kappa shape index (κ3) is 4.55. The number of hydrogen-bond acceptors (Lipinski definition) is 4. The van der Waals surface area contributed by atoms with Crippen molar-refractivity contribution >= 4 is 18.7 Å². The first-order valence-electron chi connectivity index (χ1n) is 13.4. The lowest BCUT2D eigenvalue weighted by molar-refractivity contribution is -0.172. The van der Waals surface area contributed by atoms with Gasteiger partial charge in [0.2, 0.25) is 0 Å². The summed E-state index contributed by atoms with van der Waals surface area (Å²) in [6.45, 7) is 21.0. The molecule has 2 heterocycles. The predicted molar refractivity (Wildman–Crippen MR) is 145 cm³/mol. The normalized spacial score (nSPS) is 25.3. The molecule has 2 aromatic rings. The number of benzene rings is 2. The van der Waals surface area contributed by atoms with Crippen LogP contribution in [0.4, 0.5) is 0 Å². The Morgan fingerprint density at radius 2 is 1.31 bits per heavy atom. The van der Waals surface area contributed by atoms with Crippen LogP contribution in [0.15, 0.2) is 24.3 Å². The molecule has 2 unspecified atom stereocenters. The van der Waals surface area contributed by atoms with E-state index in [0.717, 1.165) is 19.3 Å². The molecule has 0 spiro atoms. The smallest absolute Gasteiger partial charge is 0.266 e. The van der Waals surface area contributed by atoms with Gasteiger partial charge in [0.05, 0.1) is 12.7 Å². The van der Waals surface area contributed by atoms with Crippen molar-refractivity contribution in [2.45, 2.75) is 105 Å². The zero-order valence-corrected chi connectivity index (χ0v) is 24.2. The fourth-order valence-corrected chi connectivity index (χ4v) is 12.8. The highest BCUT2D eigenvalue weighted by atomic mass is 28.4. The van der Waals surface area contributed by atoms with E-state index in [0.29, 0.717) is 13.2 Å². The monoisotopic (exact) mass is 496 g/mol. The standard InChI is InChI=1S/C30H44O4Si/c1-10-30(11-2)32-18-25(33-30)26-17-27(31-12-3)34-35(26,28-21(6)13-19(4)14-22(28)7)29-23(8)15-20(5)16-24(29)9/h13-16,25-27H,10-12,17-18H2,1-9H3/t25-,26?,27?/m1/s1. The van der Waals surface area contributed by atoms with E-state index in [1.54, 1.807) is 0 Å². The Hall–Kier alpha value is -1.50. The lowest BCUT2D eigenvalue weighted by atomic mass is 10.1. The zero-order chi connectivity index (χ0) is 25.5. The molecule has 35 heavy (non-hydrogen) atoms. The van der Waals surface area contributed by atoms with Crippen molar-refractivity contribution in [3.05, 3.63) is 57.6 Å². The van der Waals surface area contributed by atoms with Crippen LogP contribution in [0, 0.1) is 41.5 Å². The van der Waals surface area contributed by atoms with Gasteiger partial charge in [-0.05, 0) is 93.9 Å². The first kappa shape index (κ1) is 26.6. The Bertz CT molecular complexity index is 971. The largest absolute Gasteiger partial charge is 0.383 e. The van der Waals surface area contributed by atoms with Crippen LogP contribution in [0.1, 0.15) is 73.4 Å². The minimum Gasteiger partial charge on any atom is -0.383 e. The average Bonchev–Trinajstić information content (AvgIpc) is 3.35. The van der Waals surface area contributed by atoms with Gasteiger partial charge < -0.3 is 18.6 Å². The van der Waals surface area contributed by atoms with E-state index in [9.17, 15) is 0 Å². The Balaban J connectivity index is 2.00. The topological polar surface area (TPSA) is 36.9 Å². The highest BCUT2D eigenvalue weighted by molar-refractivity contribution is 7.00. The molecule has 4 rings (SSSR count). The number of rotatable bonds is 7. The van der Waals surface area contributed by atoms with Crippen LogP contribution in [0.2, 0.25) is 5.54 Å². The summed E-state index contributed by atoms with van der Waals surface area (Å²) in [5.74, 6) is -0.497. The second-order valence-corrected chi connectivity index (χ2v) is 14.2. The third-order valence-electron chi connectivity index (χ3n) is 8.14. The quantitative estimate of drug-likeness (QED) is 0.462. The van der Waals surface area contributed by atoms with Gasteiger partial charge >= 0.3 is 0 Å². The summed E-state index contributed by atoms with van der Waals surface area (Å²) >= 11 is 0. The van der Waals surface area contributed by atoms with Gasteiger partial charge in [-0.1, -0.05) is 49.2 Å². The van der Waals surface area contributed by atoms with E-state index in [-0.39, 0.29) is 17.9 Å². The van der Waals surface area contributed by atoms with E-state index in [1.807, 2.05) is 0 Å². The Morgan fingerprint density at radius 1 is 0.829 bits per heavy atom. The highest BCUT2D eigenvalue weighted by Crippen LogP contribution is 2.47. The minimum atomic E-state index is -2.82. The van der Waals surface area contributed by atoms with Crippen molar-refractivity contribution in [1.29, 1.82) is 0 Å². The van der Waals surface area contributed by atoms with Crippen LogP contribution in [0.5, 0.6) is 0 Å². The molecule has 0 aromatic heterocycles. The van der Waals surface area contributed by atoms with Crippen molar-refractivity contribution in [3.63, 3.8) is 0 Å². The summed E-state index contributed by atoms with van der Waals surface area (Å²) in [7, 11) is -2.82. The molecule has 2 saturated heterocycles. The predicted octanol–water partition coefficient (Wildman–Crippen LogP) is 5.68. The maximum Gasteiger partial charge on any atom is 0.266 e. The summed E-state index contributed by atoms with van der Waals surface area (Å²) in [4.78, 5) is 0. The van der Waals surface area contributed by atoms with Gasteiger partial charge in [0, 0.05) is 18.6 Å². The Kier molecular flexibility index (Phi) is 7.66. The van der Waals surface area contributed by atoms with E-state index in [4.69, 9.17) is 18.6 Å². The van der Waals surface area contributed by atoms with E-state index >= 15 is 0 Å². The van der Waals surface area contributed by atoms with Crippen LogP contribution >= 0.6 is 0 Å². The molecule has 0 radical (unpaired) electrons. The molecular formula is C30H44O4Si. The average molecular weight is 497 g/mol. The molecule has 2 fully saturated rings. The molecule has 0 saturated carbocycles. The maximum atomic E-state index is 7.31. The van der Waals surface area contributed by atoms with Gasteiger partial charge in [0.15, 0.2) is 5.79 Å². The van der Waals surface area contributed by atoms with Gasteiger partial charge in [-0.3, -0.25) is 0 Å². The van der Waals surface area contributed by atoms with Crippen LogP contribution in [0.25, 0.3) is 0 Å². The lowest BCUT2D eigenvalue weighted by Gasteiger charge is -2.39. The second-order valence-electron chi connectivity index (χ2n) is 10.7. The fourth-order valence-electron chi connectivity index (χ4n) is 6.96.